The lowest BCUT2D eigenvalue weighted by molar-refractivity contribution is 0.497. The fourth-order valence-electron chi connectivity index (χ4n) is 1.85. The number of unbranched alkanes of at least 4 members (excludes halogenated alkanes) is 1. The van der Waals surface area contributed by atoms with E-state index in [0.29, 0.717) is 11.8 Å². The molecule has 1 atom stereocenters. The molecule has 1 rings (SSSR count). The molecule has 0 aromatic heterocycles. The molecule has 2 heteroatoms. The summed E-state index contributed by atoms with van der Waals surface area (Å²) in [6.45, 7) is 2.28. The van der Waals surface area contributed by atoms with Crippen molar-refractivity contribution >= 4 is 5.84 Å². The van der Waals surface area contributed by atoms with Crippen molar-refractivity contribution in [3.05, 3.63) is 42.3 Å². The highest BCUT2D eigenvalue weighted by atomic mass is 14.7. The number of amidine groups is 1. The summed E-state index contributed by atoms with van der Waals surface area (Å²) < 4.78 is 0. The number of nitrogens with one attached hydrogen (secondary N) is 1. The Morgan fingerprint density at radius 2 is 2.00 bits per heavy atom. The Morgan fingerprint density at radius 1 is 1.29 bits per heavy atom. The van der Waals surface area contributed by atoms with Crippen LogP contribution in [-0.2, 0) is 0 Å². The van der Waals surface area contributed by atoms with Crippen LogP contribution in [0.5, 0.6) is 0 Å². The van der Waals surface area contributed by atoms with Gasteiger partial charge in [0.25, 0.3) is 0 Å². The molecule has 2 nitrogen and oxygen atoms in total. The van der Waals surface area contributed by atoms with Crippen LogP contribution in [0.2, 0.25) is 0 Å². The van der Waals surface area contributed by atoms with Gasteiger partial charge in [0.1, 0.15) is 0 Å². The minimum Gasteiger partial charge on any atom is -0.388 e. The molecule has 0 aliphatic heterocycles. The van der Waals surface area contributed by atoms with E-state index in [2.05, 4.69) is 37.6 Å². The molecule has 1 aromatic rings. The van der Waals surface area contributed by atoms with Crippen molar-refractivity contribution in [3.8, 4) is 0 Å². The van der Waals surface area contributed by atoms with Gasteiger partial charge in [0.15, 0.2) is 0 Å². The number of hydrogen-bond donors (Lipinski definition) is 2. The van der Waals surface area contributed by atoms with Gasteiger partial charge in [-0.2, -0.15) is 0 Å². The van der Waals surface area contributed by atoms with Crippen LogP contribution in [-0.4, -0.2) is 5.84 Å². The van der Waals surface area contributed by atoms with Gasteiger partial charge in [-0.1, -0.05) is 50.1 Å². The van der Waals surface area contributed by atoms with Gasteiger partial charge in [-0.3, -0.25) is 5.41 Å². The van der Waals surface area contributed by atoms with Gasteiger partial charge in [0.2, 0.25) is 0 Å². The van der Waals surface area contributed by atoms with Crippen molar-refractivity contribution in [2.45, 2.75) is 39.0 Å². The summed E-state index contributed by atoms with van der Waals surface area (Å²) in [5.41, 5.74) is 6.63. The van der Waals surface area contributed by atoms with Crippen LogP contribution in [0.4, 0.5) is 0 Å². The first-order valence-corrected chi connectivity index (χ1v) is 6.39. The Kier molecular flexibility index (Phi) is 6.38. The van der Waals surface area contributed by atoms with Gasteiger partial charge in [0.05, 0.1) is 5.84 Å². The summed E-state index contributed by atoms with van der Waals surface area (Å²) >= 11 is 0. The van der Waals surface area contributed by atoms with E-state index in [0.717, 1.165) is 19.3 Å². The predicted molar refractivity (Wildman–Crippen MR) is 74.0 cm³/mol. The third-order valence-electron chi connectivity index (χ3n) is 2.95. The predicted octanol–water partition coefficient (Wildman–Crippen LogP) is 3.76. The van der Waals surface area contributed by atoms with Crippen LogP contribution in [0.3, 0.4) is 0 Å². The zero-order valence-electron chi connectivity index (χ0n) is 10.7. The molecule has 0 saturated carbocycles. The maximum atomic E-state index is 7.15. The summed E-state index contributed by atoms with van der Waals surface area (Å²) in [6, 6.07) is 10.5. The van der Waals surface area contributed by atoms with Crippen LogP contribution in [0.15, 0.2) is 30.3 Å². The van der Waals surface area contributed by atoms with Gasteiger partial charge in [-0.15, -0.1) is 0 Å². The molecule has 0 aliphatic carbocycles. The second kappa shape index (κ2) is 7.88. The van der Waals surface area contributed by atoms with E-state index >= 15 is 0 Å². The van der Waals surface area contributed by atoms with Crippen LogP contribution < -0.4 is 5.73 Å². The summed E-state index contributed by atoms with van der Waals surface area (Å²) in [7, 11) is 0. The van der Waals surface area contributed by atoms with E-state index in [1.54, 1.807) is 0 Å². The standard InChI is InChI=1S/C15H23N2/c1-13(7-5-6-10-15(16)17)11-12-14-8-3-2-4-9-14/h2-4,8-9,12-13H,5-7,10-11H2,1H3,(H3,16,17). The van der Waals surface area contributed by atoms with Gasteiger partial charge >= 0.3 is 0 Å². The van der Waals surface area contributed by atoms with Gasteiger partial charge < -0.3 is 5.73 Å². The summed E-state index contributed by atoms with van der Waals surface area (Å²) in [4.78, 5) is 0. The smallest absolute Gasteiger partial charge is 0.0905 e. The first-order chi connectivity index (χ1) is 8.18. The Morgan fingerprint density at radius 3 is 2.65 bits per heavy atom. The Bertz CT molecular complexity index is 319. The Hall–Kier alpha value is -1.31. The monoisotopic (exact) mass is 231 g/mol. The third kappa shape index (κ3) is 6.77. The van der Waals surface area contributed by atoms with Crippen LogP contribution in [0.1, 0.15) is 44.6 Å². The average Bonchev–Trinajstić information content (AvgIpc) is 2.33. The van der Waals surface area contributed by atoms with E-state index in [1.165, 1.54) is 18.4 Å². The second-order valence-electron chi connectivity index (χ2n) is 4.73. The lowest BCUT2D eigenvalue weighted by Gasteiger charge is -2.10. The van der Waals surface area contributed by atoms with E-state index in [-0.39, 0.29) is 0 Å². The number of rotatable bonds is 8. The minimum atomic E-state index is 0.313. The zero-order valence-corrected chi connectivity index (χ0v) is 10.7. The molecule has 0 amide bonds. The maximum Gasteiger partial charge on any atom is 0.0905 e. The topological polar surface area (TPSA) is 49.9 Å². The number of benzene rings is 1. The normalized spacial score (nSPS) is 12.3. The van der Waals surface area contributed by atoms with Crippen LogP contribution in [0.25, 0.3) is 0 Å². The molecule has 1 radical (unpaired) electrons. The summed E-state index contributed by atoms with van der Waals surface area (Å²) in [5.74, 6) is 1.02. The van der Waals surface area contributed by atoms with Gasteiger partial charge in [-0.05, 0) is 30.7 Å². The highest BCUT2D eigenvalue weighted by Gasteiger charge is 2.03. The molecule has 1 unspecified atom stereocenters. The Balaban J connectivity index is 2.09. The highest BCUT2D eigenvalue weighted by molar-refractivity contribution is 5.76. The Labute approximate surface area is 105 Å². The van der Waals surface area contributed by atoms with Crippen molar-refractivity contribution in [1.29, 1.82) is 5.41 Å². The molecule has 17 heavy (non-hydrogen) atoms. The maximum absolute atomic E-state index is 7.15. The van der Waals surface area contributed by atoms with E-state index in [1.807, 2.05) is 6.07 Å². The van der Waals surface area contributed by atoms with Crippen molar-refractivity contribution in [3.63, 3.8) is 0 Å². The van der Waals surface area contributed by atoms with E-state index in [4.69, 9.17) is 11.1 Å². The molecule has 0 fully saturated rings. The molecule has 0 aliphatic rings. The molecule has 0 saturated heterocycles. The quantitative estimate of drug-likeness (QED) is 0.399. The zero-order chi connectivity index (χ0) is 12.5. The van der Waals surface area contributed by atoms with E-state index < -0.39 is 0 Å². The van der Waals surface area contributed by atoms with Gasteiger partial charge in [-0.25, -0.2) is 0 Å². The molecule has 3 N–H and O–H groups in total. The summed E-state index contributed by atoms with van der Waals surface area (Å²) in [6.07, 6.45) is 7.61. The van der Waals surface area contributed by atoms with E-state index in [9.17, 15) is 0 Å². The molecule has 93 valence electrons. The molecule has 0 heterocycles. The minimum absolute atomic E-state index is 0.313. The van der Waals surface area contributed by atoms with Gasteiger partial charge in [0, 0.05) is 6.42 Å². The van der Waals surface area contributed by atoms with Crippen LogP contribution in [0, 0.1) is 17.7 Å². The van der Waals surface area contributed by atoms with Crippen molar-refractivity contribution in [1.82, 2.24) is 0 Å². The fraction of sp³-hybridized carbons (Fsp3) is 0.467. The average molecular weight is 231 g/mol. The first kappa shape index (κ1) is 13.8. The van der Waals surface area contributed by atoms with Crippen molar-refractivity contribution in [2.24, 2.45) is 11.7 Å². The SMILES string of the molecule is CC(C[CH]c1ccccc1)CCCCC(=N)N. The highest BCUT2D eigenvalue weighted by Crippen LogP contribution is 2.17. The number of nitrogens with two attached hydrogens (primary N) is 1. The van der Waals surface area contributed by atoms with Crippen molar-refractivity contribution < 1.29 is 0 Å². The third-order valence-corrected chi connectivity index (χ3v) is 2.95. The molecule has 1 aromatic carbocycles. The fourth-order valence-corrected chi connectivity index (χ4v) is 1.85. The number of hydrogen-bond acceptors (Lipinski definition) is 1. The first-order valence-electron chi connectivity index (χ1n) is 6.39. The lowest BCUT2D eigenvalue weighted by atomic mass is 9.96. The second-order valence-corrected chi connectivity index (χ2v) is 4.73. The molecule has 0 bridgehead atoms. The molecule has 0 spiro atoms. The largest absolute Gasteiger partial charge is 0.388 e. The summed E-state index contributed by atoms with van der Waals surface area (Å²) in [5, 5.41) is 7.15. The molecular formula is C15H23N2. The molecular weight excluding hydrogens is 208 g/mol. The van der Waals surface area contributed by atoms with Crippen molar-refractivity contribution in [2.75, 3.05) is 0 Å². The lowest BCUT2D eigenvalue weighted by Crippen LogP contribution is -2.08. The van der Waals surface area contributed by atoms with Crippen LogP contribution >= 0.6 is 0 Å².